The summed E-state index contributed by atoms with van der Waals surface area (Å²) in [5.41, 5.74) is 0.570. The van der Waals surface area contributed by atoms with Gasteiger partial charge in [0, 0.05) is 38.3 Å². The van der Waals surface area contributed by atoms with Gasteiger partial charge in [0.25, 0.3) is 0 Å². The van der Waals surface area contributed by atoms with E-state index in [0.29, 0.717) is 31.6 Å². The van der Waals surface area contributed by atoms with E-state index in [1.165, 1.54) is 0 Å². The molecule has 0 heterocycles. The molecule has 0 aliphatic heterocycles. The largest absolute Gasteiger partial charge is 0.496 e. The van der Waals surface area contributed by atoms with Crippen LogP contribution in [0, 0.1) is 0 Å². The number of rotatable bonds is 7. The third-order valence-corrected chi connectivity index (χ3v) is 4.12. The Labute approximate surface area is 185 Å². The van der Waals surface area contributed by atoms with Gasteiger partial charge in [0.1, 0.15) is 11.4 Å². The van der Waals surface area contributed by atoms with Crippen molar-refractivity contribution in [2.45, 2.75) is 51.8 Å². The molecule has 1 aromatic rings. The predicted octanol–water partition coefficient (Wildman–Crippen LogP) is 3.38. The number of hydrogen-bond acceptors (Lipinski definition) is 4. The first-order valence-electron chi connectivity index (χ1n) is 9.40. The van der Waals surface area contributed by atoms with Gasteiger partial charge < -0.3 is 25.0 Å². The van der Waals surface area contributed by atoms with Crippen LogP contribution in [0.25, 0.3) is 0 Å². The van der Waals surface area contributed by atoms with Crippen molar-refractivity contribution in [3.63, 3.8) is 0 Å². The normalized spacial score (nSPS) is 14.0. The van der Waals surface area contributed by atoms with E-state index >= 15 is 0 Å². The minimum Gasteiger partial charge on any atom is -0.496 e. The van der Waals surface area contributed by atoms with Crippen molar-refractivity contribution in [1.29, 1.82) is 0 Å². The van der Waals surface area contributed by atoms with E-state index in [0.717, 1.165) is 24.2 Å². The molecule has 0 saturated heterocycles. The second-order valence-corrected chi connectivity index (χ2v) is 7.57. The Balaban J connectivity index is 0.00000392. The van der Waals surface area contributed by atoms with Crippen molar-refractivity contribution in [3.8, 4) is 5.75 Å². The molecule has 2 rings (SSSR count). The summed E-state index contributed by atoms with van der Waals surface area (Å²) >= 11 is 0. The molecule has 1 aromatic carbocycles. The number of guanidine groups is 1. The molecule has 1 amide bonds. The molecule has 28 heavy (non-hydrogen) atoms. The van der Waals surface area contributed by atoms with Gasteiger partial charge >= 0.3 is 6.09 Å². The van der Waals surface area contributed by atoms with Crippen LogP contribution in [0.3, 0.4) is 0 Å². The summed E-state index contributed by atoms with van der Waals surface area (Å²) in [6.07, 6.45) is 1.84. The number of halogens is 1. The molecule has 1 fully saturated rings. The average Bonchev–Trinajstić information content (AvgIpc) is 3.44. The first-order valence-corrected chi connectivity index (χ1v) is 9.40. The zero-order valence-electron chi connectivity index (χ0n) is 17.4. The summed E-state index contributed by atoms with van der Waals surface area (Å²) in [6, 6.07) is 8.16. The van der Waals surface area contributed by atoms with Crippen molar-refractivity contribution in [1.82, 2.24) is 15.5 Å². The topological polar surface area (TPSA) is 75.2 Å². The number of carbonyl (C=O) groups excluding carboxylic acids is 1. The number of benzene rings is 1. The number of nitrogens with zero attached hydrogens (tertiary/aromatic N) is 2. The summed E-state index contributed by atoms with van der Waals surface area (Å²) in [7, 11) is 3.39. The average molecular weight is 504 g/mol. The molecular weight excluding hydrogens is 471 g/mol. The Morgan fingerprint density at radius 1 is 1.25 bits per heavy atom. The van der Waals surface area contributed by atoms with Crippen LogP contribution in [0.5, 0.6) is 5.75 Å². The highest BCUT2D eigenvalue weighted by Crippen LogP contribution is 2.28. The number of aliphatic imine (C=N–C) groups is 1. The number of methoxy groups -OCH3 is 1. The fourth-order valence-electron chi connectivity index (χ4n) is 2.67. The van der Waals surface area contributed by atoms with Crippen molar-refractivity contribution >= 4 is 36.0 Å². The fourth-order valence-corrected chi connectivity index (χ4v) is 2.67. The Morgan fingerprint density at radius 3 is 2.50 bits per heavy atom. The maximum absolute atomic E-state index is 12.4. The SMILES string of the molecule is CN=C(NCCN(C(=O)OC(C)(C)C)C1CC1)NCc1ccccc1OC.I. The van der Waals surface area contributed by atoms with Crippen LogP contribution in [0.2, 0.25) is 0 Å². The maximum Gasteiger partial charge on any atom is 0.410 e. The summed E-state index contributed by atoms with van der Waals surface area (Å²) in [5.74, 6) is 1.52. The Bertz CT molecular complexity index is 657. The molecule has 0 bridgehead atoms. The summed E-state index contributed by atoms with van der Waals surface area (Å²) in [5, 5.41) is 6.53. The van der Waals surface area contributed by atoms with Crippen LogP contribution >= 0.6 is 24.0 Å². The van der Waals surface area contributed by atoms with Crippen molar-refractivity contribution in [3.05, 3.63) is 29.8 Å². The van der Waals surface area contributed by atoms with E-state index in [-0.39, 0.29) is 30.1 Å². The highest BCUT2D eigenvalue weighted by molar-refractivity contribution is 14.0. The Kier molecular flexibility index (Phi) is 9.84. The van der Waals surface area contributed by atoms with Gasteiger partial charge in [0.2, 0.25) is 0 Å². The summed E-state index contributed by atoms with van der Waals surface area (Å²) in [4.78, 5) is 18.4. The van der Waals surface area contributed by atoms with Gasteiger partial charge in [-0.05, 0) is 39.7 Å². The highest BCUT2D eigenvalue weighted by atomic mass is 127. The highest BCUT2D eigenvalue weighted by Gasteiger charge is 2.34. The second-order valence-electron chi connectivity index (χ2n) is 7.57. The molecule has 0 spiro atoms. The quantitative estimate of drug-likeness (QED) is 0.339. The molecule has 7 nitrogen and oxygen atoms in total. The van der Waals surface area contributed by atoms with Gasteiger partial charge in [0.15, 0.2) is 5.96 Å². The van der Waals surface area contributed by atoms with Gasteiger partial charge in [-0.3, -0.25) is 4.99 Å². The van der Waals surface area contributed by atoms with E-state index in [1.807, 2.05) is 49.9 Å². The molecular formula is C20H33IN4O3. The van der Waals surface area contributed by atoms with Crippen molar-refractivity contribution in [2.75, 3.05) is 27.2 Å². The molecule has 2 N–H and O–H groups in total. The lowest BCUT2D eigenvalue weighted by Crippen LogP contribution is -2.45. The summed E-state index contributed by atoms with van der Waals surface area (Å²) in [6.45, 7) is 7.44. The third-order valence-electron chi connectivity index (χ3n) is 4.12. The zero-order chi connectivity index (χ0) is 19.9. The lowest BCUT2D eigenvalue weighted by Gasteiger charge is -2.27. The van der Waals surface area contributed by atoms with Crippen LogP contribution in [-0.2, 0) is 11.3 Å². The van der Waals surface area contributed by atoms with Gasteiger partial charge in [-0.25, -0.2) is 4.79 Å². The predicted molar refractivity (Wildman–Crippen MR) is 123 cm³/mol. The lowest BCUT2D eigenvalue weighted by atomic mass is 10.2. The van der Waals surface area contributed by atoms with E-state index in [4.69, 9.17) is 9.47 Å². The smallest absolute Gasteiger partial charge is 0.410 e. The van der Waals surface area contributed by atoms with Crippen LogP contribution in [-0.4, -0.2) is 55.8 Å². The van der Waals surface area contributed by atoms with Gasteiger partial charge in [-0.1, -0.05) is 18.2 Å². The number of nitrogens with one attached hydrogen (secondary N) is 2. The number of carbonyl (C=O) groups is 1. The van der Waals surface area contributed by atoms with E-state index in [1.54, 1.807) is 14.2 Å². The number of hydrogen-bond donors (Lipinski definition) is 2. The summed E-state index contributed by atoms with van der Waals surface area (Å²) < 4.78 is 10.9. The second kappa shape index (κ2) is 11.3. The lowest BCUT2D eigenvalue weighted by molar-refractivity contribution is 0.0238. The molecule has 1 aliphatic carbocycles. The van der Waals surface area contributed by atoms with E-state index < -0.39 is 5.60 Å². The first-order chi connectivity index (χ1) is 12.8. The molecule has 0 atom stereocenters. The van der Waals surface area contributed by atoms with E-state index in [2.05, 4.69) is 15.6 Å². The molecule has 8 heteroatoms. The van der Waals surface area contributed by atoms with Crippen molar-refractivity contribution < 1.29 is 14.3 Å². The molecule has 0 aromatic heterocycles. The molecule has 0 radical (unpaired) electrons. The minimum atomic E-state index is -0.482. The molecule has 1 aliphatic rings. The molecule has 0 unspecified atom stereocenters. The Hall–Kier alpha value is -1.71. The van der Waals surface area contributed by atoms with Crippen LogP contribution in [0.4, 0.5) is 4.79 Å². The van der Waals surface area contributed by atoms with Gasteiger partial charge in [0.05, 0.1) is 7.11 Å². The monoisotopic (exact) mass is 504 g/mol. The molecule has 158 valence electrons. The third kappa shape index (κ3) is 8.12. The zero-order valence-corrected chi connectivity index (χ0v) is 19.8. The standard InChI is InChI=1S/C20H32N4O3.HI/c1-20(2,3)27-19(25)24(16-10-11-16)13-12-22-18(21-4)23-14-15-8-6-7-9-17(15)26-5;/h6-9,16H,10-14H2,1-5H3,(H2,21,22,23);1H. The number of amides is 1. The minimum absolute atomic E-state index is 0. The maximum atomic E-state index is 12.4. The van der Waals surface area contributed by atoms with Crippen LogP contribution < -0.4 is 15.4 Å². The number of ether oxygens (including phenoxy) is 2. The molecule has 1 saturated carbocycles. The van der Waals surface area contributed by atoms with Crippen LogP contribution in [0.15, 0.2) is 29.3 Å². The van der Waals surface area contributed by atoms with Crippen LogP contribution in [0.1, 0.15) is 39.2 Å². The first kappa shape index (κ1) is 24.3. The van der Waals surface area contributed by atoms with Gasteiger partial charge in [-0.15, -0.1) is 24.0 Å². The van der Waals surface area contributed by atoms with Crippen molar-refractivity contribution in [2.24, 2.45) is 4.99 Å². The van der Waals surface area contributed by atoms with Gasteiger partial charge in [-0.2, -0.15) is 0 Å². The fraction of sp³-hybridized carbons (Fsp3) is 0.600. The Morgan fingerprint density at radius 2 is 1.93 bits per heavy atom. The number of para-hydroxylation sites is 1. The van der Waals surface area contributed by atoms with E-state index in [9.17, 15) is 4.79 Å².